The van der Waals surface area contributed by atoms with E-state index in [9.17, 15) is 0 Å². The first-order chi connectivity index (χ1) is 24.8. The molecular formula is C39H70O11. The fourth-order valence-corrected chi connectivity index (χ4v) is 4.70. The highest BCUT2D eigenvalue weighted by atomic mass is 16.6. The Morgan fingerprint density at radius 1 is 0.460 bits per heavy atom. The van der Waals surface area contributed by atoms with Crippen LogP contribution in [0.2, 0.25) is 0 Å². The van der Waals surface area contributed by atoms with Gasteiger partial charge in [0.15, 0.2) is 0 Å². The third kappa shape index (κ3) is 31.1. The van der Waals surface area contributed by atoms with Gasteiger partial charge in [0.05, 0.1) is 126 Å². The van der Waals surface area contributed by atoms with Crippen molar-refractivity contribution in [3.8, 4) is 5.75 Å². The Hall–Kier alpha value is -1.64. The zero-order chi connectivity index (χ0) is 35.8. The lowest BCUT2D eigenvalue weighted by atomic mass is 10.0. The van der Waals surface area contributed by atoms with Crippen molar-refractivity contribution in [2.45, 2.75) is 65.2 Å². The second kappa shape index (κ2) is 38.6. The Balaban J connectivity index is 1.82. The first-order valence-electron chi connectivity index (χ1n) is 18.9. The lowest BCUT2D eigenvalue weighted by Gasteiger charge is -2.12. The van der Waals surface area contributed by atoms with Crippen molar-refractivity contribution in [1.82, 2.24) is 0 Å². The van der Waals surface area contributed by atoms with Crippen molar-refractivity contribution < 1.29 is 52.1 Å². The zero-order valence-electron chi connectivity index (χ0n) is 31.7. The number of benzene rings is 1. The smallest absolute Gasteiger partial charge is 0.126 e. The van der Waals surface area contributed by atoms with Gasteiger partial charge in [0.25, 0.3) is 0 Å². The van der Waals surface area contributed by atoms with E-state index in [2.05, 4.69) is 37.3 Å². The molecule has 0 aliphatic rings. The molecule has 11 nitrogen and oxygen atoms in total. The average Bonchev–Trinajstić information content (AvgIpc) is 3.13. The van der Waals surface area contributed by atoms with Gasteiger partial charge in [-0.3, -0.25) is 0 Å². The number of hydrogen-bond acceptors (Lipinski definition) is 11. The Morgan fingerprint density at radius 2 is 0.840 bits per heavy atom. The van der Waals surface area contributed by atoms with Crippen molar-refractivity contribution in [2.24, 2.45) is 0 Å². The minimum atomic E-state index is 0.504. The monoisotopic (exact) mass is 714 g/mol. The van der Waals surface area contributed by atoms with Crippen LogP contribution >= 0.6 is 0 Å². The van der Waals surface area contributed by atoms with Crippen LogP contribution in [-0.2, 0) is 53.8 Å². The third-order valence-corrected chi connectivity index (χ3v) is 7.38. The first-order valence-corrected chi connectivity index (χ1v) is 18.9. The molecule has 50 heavy (non-hydrogen) atoms. The number of allylic oxidation sites excluding steroid dienone is 1. The van der Waals surface area contributed by atoms with Gasteiger partial charge in [-0.2, -0.15) is 0 Å². The highest BCUT2D eigenvalue weighted by Crippen LogP contribution is 2.23. The van der Waals surface area contributed by atoms with Crippen LogP contribution in [0.15, 0.2) is 24.3 Å². The minimum absolute atomic E-state index is 0.504. The molecule has 0 radical (unpaired) electrons. The van der Waals surface area contributed by atoms with Crippen molar-refractivity contribution in [2.75, 3.05) is 139 Å². The van der Waals surface area contributed by atoms with Gasteiger partial charge in [0.1, 0.15) is 12.4 Å². The van der Waals surface area contributed by atoms with E-state index in [0.29, 0.717) is 132 Å². The fourth-order valence-electron chi connectivity index (χ4n) is 4.70. The number of unbranched alkanes of at least 4 members (excludes halogenated alkanes) is 6. The maximum Gasteiger partial charge on any atom is 0.126 e. The van der Waals surface area contributed by atoms with Crippen molar-refractivity contribution in [3.05, 3.63) is 35.4 Å². The summed E-state index contributed by atoms with van der Waals surface area (Å²) in [6.07, 6.45) is 14.6. The summed E-state index contributed by atoms with van der Waals surface area (Å²) in [7, 11) is 1.65. The molecule has 0 aliphatic heterocycles. The summed E-state index contributed by atoms with van der Waals surface area (Å²) in [5.74, 6) is 0.901. The van der Waals surface area contributed by atoms with Gasteiger partial charge in [-0.05, 0) is 37.5 Å². The quantitative estimate of drug-likeness (QED) is 0.0728. The highest BCUT2D eigenvalue weighted by Gasteiger charge is 2.04. The molecule has 0 heterocycles. The molecule has 1 aromatic carbocycles. The molecule has 0 atom stereocenters. The molecule has 0 fully saturated rings. The Kier molecular flexibility index (Phi) is 35.8. The summed E-state index contributed by atoms with van der Waals surface area (Å²) < 4.78 is 60.4. The summed E-state index contributed by atoms with van der Waals surface area (Å²) in [5, 5.41) is 0. The largest absolute Gasteiger partial charge is 0.491 e. The maximum absolute atomic E-state index is 6.01. The predicted molar refractivity (Wildman–Crippen MR) is 198 cm³/mol. The third-order valence-electron chi connectivity index (χ3n) is 7.38. The fraction of sp³-hybridized carbons (Fsp3) is 0.795. The van der Waals surface area contributed by atoms with E-state index in [4.69, 9.17) is 52.1 Å². The topological polar surface area (TPSA) is 102 Å². The molecule has 1 aromatic rings. The van der Waals surface area contributed by atoms with Crippen LogP contribution in [0.25, 0.3) is 6.08 Å². The number of aryl methyl sites for hydroxylation is 1. The average molecular weight is 715 g/mol. The SMILES string of the molecule is C/C=C/c1cc(CCCCCCCCC)ccc1OCCOCCOCCOCCOCCOCCOCCOCCOCCOCCOC. The number of ether oxygens (including phenoxy) is 11. The standard InChI is InChI=1S/C39H70O11/c1-4-6-7-8-9-10-11-13-37-14-15-39(38(36-37)12-5-2)50-35-34-49-33-32-48-31-30-47-29-28-46-27-26-45-25-24-44-23-22-43-21-20-42-19-18-41-17-16-40-3/h5,12,14-15,36H,4,6-11,13,16-35H2,1-3H3/b12-5+. The number of rotatable bonds is 40. The molecule has 292 valence electrons. The minimum Gasteiger partial charge on any atom is -0.491 e. The molecule has 0 aliphatic carbocycles. The first kappa shape index (κ1) is 46.4. The van der Waals surface area contributed by atoms with Crippen LogP contribution in [0.5, 0.6) is 5.75 Å². The zero-order valence-corrected chi connectivity index (χ0v) is 31.7. The van der Waals surface area contributed by atoms with Gasteiger partial charge < -0.3 is 52.1 Å². The maximum atomic E-state index is 6.01. The summed E-state index contributed by atoms with van der Waals surface area (Å²) in [4.78, 5) is 0. The normalized spacial score (nSPS) is 11.7. The van der Waals surface area contributed by atoms with Crippen LogP contribution in [0.4, 0.5) is 0 Å². The van der Waals surface area contributed by atoms with Gasteiger partial charge in [-0.25, -0.2) is 0 Å². The predicted octanol–water partition coefficient (Wildman–Crippen LogP) is 6.19. The summed E-state index contributed by atoms with van der Waals surface area (Å²) in [6, 6.07) is 6.54. The second-order valence-electron chi connectivity index (χ2n) is 11.6. The van der Waals surface area contributed by atoms with E-state index < -0.39 is 0 Å². The van der Waals surface area contributed by atoms with Gasteiger partial charge in [-0.15, -0.1) is 0 Å². The van der Waals surface area contributed by atoms with Crippen molar-refractivity contribution >= 4 is 6.08 Å². The van der Waals surface area contributed by atoms with Gasteiger partial charge in [0.2, 0.25) is 0 Å². The van der Waals surface area contributed by atoms with E-state index in [1.165, 1.54) is 50.5 Å². The Labute approximate surface area is 303 Å². The summed E-state index contributed by atoms with van der Waals surface area (Å²) in [6.45, 7) is 14.9. The Bertz CT molecular complexity index is 855. The molecular weight excluding hydrogens is 644 g/mol. The van der Waals surface area contributed by atoms with Crippen LogP contribution < -0.4 is 4.74 Å². The van der Waals surface area contributed by atoms with Crippen LogP contribution in [-0.4, -0.2) is 139 Å². The number of methoxy groups -OCH3 is 1. The molecule has 0 N–H and O–H groups in total. The van der Waals surface area contributed by atoms with E-state index in [0.717, 1.165) is 17.7 Å². The molecule has 0 unspecified atom stereocenters. The molecule has 0 saturated heterocycles. The molecule has 0 spiro atoms. The highest BCUT2D eigenvalue weighted by molar-refractivity contribution is 5.58. The molecule has 0 bridgehead atoms. The van der Waals surface area contributed by atoms with Gasteiger partial charge >= 0.3 is 0 Å². The molecule has 0 aromatic heterocycles. The van der Waals surface area contributed by atoms with Gasteiger partial charge in [-0.1, -0.05) is 63.7 Å². The van der Waals surface area contributed by atoms with E-state index >= 15 is 0 Å². The molecule has 0 saturated carbocycles. The van der Waals surface area contributed by atoms with Crippen molar-refractivity contribution in [3.63, 3.8) is 0 Å². The lowest BCUT2D eigenvalue weighted by molar-refractivity contribution is -0.0262. The number of hydrogen-bond donors (Lipinski definition) is 0. The summed E-state index contributed by atoms with van der Waals surface area (Å²) in [5.41, 5.74) is 2.50. The van der Waals surface area contributed by atoms with Crippen molar-refractivity contribution in [1.29, 1.82) is 0 Å². The van der Waals surface area contributed by atoms with Gasteiger partial charge in [0, 0.05) is 12.7 Å². The molecule has 0 amide bonds. The van der Waals surface area contributed by atoms with E-state index in [1.807, 2.05) is 6.92 Å². The second-order valence-corrected chi connectivity index (χ2v) is 11.6. The summed E-state index contributed by atoms with van der Waals surface area (Å²) >= 11 is 0. The van der Waals surface area contributed by atoms with Crippen LogP contribution in [0, 0.1) is 0 Å². The van der Waals surface area contributed by atoms with E-state index in [-0.39, 0.29) is 0 Å². The van der Waals surface area contributed by atoms with E-state index in [1.54, 1.807) is 7.11 Å². The molecule has 11 heteroatoms. The van der Waals surface area contributed by atoms with Crippen LogP contribution in [0.1, 0.15) is 69.9 Å². The lowest BCUT2D eigenvalue weighted by Crippen LogP contribution is -2.15. The Morgan fingerprint density at radius 3 is 1.24 bits per heavy atom. The molecule has 1 rings (SSSR count). The van der Waals surface area contributed by atoms with Crippen LogP contribution in [0.3, 0.4) is 0 Å².